The molecule has 1 aliphatic heterocycles. The smallest absolute Gasteiger partial charge is 0.408 e. The van der Waals surface area contributed by atoms with Crippen molar-refractivity contribution in [3.8, 4) is 11.3 Å². The normalized spacial score (nSPS) is 18.9. The standard InChI is InChI=1S/C19H12F3N3O2/c20-12-4-1-3-10(7-12)17-16(25-19(26)27-17)13-8-11(9-24-18(13)22)15-14(21)5-2-6-23-15/h1-9,16-17H,(H,25,26)/t16-,17-/m1/s1. The van der Waals surface area contributed by atoms with Crippen LogP contribution in [0, 0.1) is 17.6 Å². The summed E-state index contributed by atoms with van der Waals surface area (Å²) in [6, 6.07) is 8.51. The van der Waals surface area contributed by atoms with E-state index in [9.17, 15) is 18.0 Å². The van der Waals surface area contributed by atoms with Crippen LogP contribution in [-0.2, 0) is 4.74 Å². The van der Waals surface area contributed by atoms with E-state index in [4.69, 9.17) is 4.74 Å². The molecule has 5 nitrogen and oxygen atoms in total. The summed E-state index contributed by atoms with van der Waals surface area (Å²) < 4.78 is 47.2. The fourth-order valence-corrected chi connectivity index (χ4v) is 3.02. The SMILES string of the molecule is O=C1N[C@H](c2cc(-c3ncccc3F)cnc2F)[C@@H](c2cccc(F)c2)O1. The maximum Gasteiger partial charge on any atom is 0.408 e. The first-order valence-corrected chi connectivity index (χ1v) is 8.02. The number of benzene rings is 1. The Labute approximate surface area is 151 Å². The lowest BCUT2D eigenvalue weighted by Gasteiger charge is -2.18. The van der Waals surface area contributed by atoms with Crippen molar-refractivity contribution in [2.45, 2.75) is 12.1 Å². The van der Waals surface area contributed by atoms with Crippen LogP contribution in [0.3, 0.4) is 0 Å². The number of pyridine rings is 2. The molecule has 0 saturated carbocycles. The highest BCUT2D eigenvalue weighted by Gasteiger charge is 2.38. The zero-order valence-electron chi connectivity index (χ0n) is 13.7. The zero-order valence-corrected chi connectivity index (χ0v) is 13.7. The lowest BCUT2D eigenvalue weighted by Crippen LogP contribution is -2.21. The van der Waals surface area contributed by atoms with Crippen molar-refractivity contribution < 1.29 is 22.7 Å². The Bertz CT molecular complexity index is 1030. The molecule has 0 aliphatic carbocycles. The molecule has 136 valence electrons. The maximum absolute atomic E-state index is 14.4. The second kappa shape index (κ2) is 6.71. The number of amides is 1. The molecule has 1 saturated heterocycles. The van der Waals surface area contributed by atoms with E-state index in [1.165, 1.54) is 42.6 Å². The third-order valence-electron chi connectivity index (χ3n) is 4.22. The van der Waals surface area contributed by atoms with Crippen molar-refractivity contribution in [1.29, 1.82) is 0 Å². The summed E-state index contributed by atoms with van der Waals surface area (Å²) in [7, 11) is 0. The topological polar surface area (TPSA) is 64.1 Å². The Kier molecular flexibility index (Phi) is 4.23. The van der Waals surface area contributed by atoms with E-state index >= 15 is 0 Å². The highest BCUT2D eigenvalue weighted by molar-refractivity contribution is 5.71. The summed E-state index contributed by atoms with van der Waals surface area (Å²) in [6.45, 7) is 0. The molecule has 1 N–H and O–H groups in total. The number of hydrogen-bond acceptors (Lipinski definition) is 4. The van der Waals surface area contributed by atoms with Crippen LogP contribution >= 0.6 is 0 Å². The van der Waals surface area contributed by atoms with Gasteiger partial charge in [0.2, 0.25) is 5.95 Å². The van der Waals surface area contributed by atoms with Crippen molar-refractivity contribution in [1.82, 2.24) is 15.3 Å². The van der Waals surface area contributed by atoms with Gasteiger partial charge in [-0.25, -0.2) is 18.6 Å². The van der Waals surface area contributed by atoms with E-state index in [-0.39, 0.29) is 16.8 Å². The minimum Gasteiger partial charge on any atom is -0.439 e. The van der Waals surface area contributed by atoms with E-state index < -0.39 is 35.8 Å². The van der Waals surface area contributed by atoms with Crippen LogP contribution in [0.4, 0.5) is 18.0 Å². The third-order valence-corrected chi connectivity index (χ3v) is 4.22. The van der Waals surface area contributed by atoms with Gasteiger partial charge in [-0.15, -0.1) is 0 Å². The summed E-state index contributed by atoms with van der Waals surface area (Å²) in [5.41, 5.74) is 0.576. The van der Waals surface area contributed by atoms with Gasteiger partial charge in [0.1, 0.15) is 23.4 Å². The van der Waals surface area contributed by atoms with Gasteiger partial charge in [0, 0.05) is 23.5 Å². The van der Waals surface area contributed by atoms with Gasteiger partial charge >= 0.3 is 6.09 Å². The van der Waals surface area contributed by atoms with Crippen molar-refractivity contribution >= 4 is 6.09 Å². The van der Waals surface area contributed by atoms with Gasteiger partial charge in [-0.2, -0.15) is 4.39 Å². The van der Waals surface area contributed by atoms with Crippen LogP contribution < -0.4 is 5.32 Å². The van der Waals surface area contributed by atoms with E-state index in [1.54, 1.807) is 6.07 Å². The molecule has 0 spiro atoms. The fourth-order valence-electron chi connectivity index (χ4n) is 3.02. The quantitative estimate of drug-likeness (QED) is 0.705. The van der Waals surface area contributed by atoms with Crippen LogP contribution in [0.2, 0.25) is 0 Å². The molecular weight excluding hydrogens is 359 g/mol. The van der Waals surface area contributed by atoms with Gasteiger partial charge < -0.3 is 10.1 Å². The highest BCUT2D eigenvalue weighted by atomic mass is 19.1. The Morgan fingerprint density at radius 1 is 1.04 bits per heavy atom. The number of carbonyl (C=O) groups is 1. The Balaban J connectivity index is 1.78. The molecular formula is C19H12F3N3O2. The second-order valence-electron chi connectivity index (χ2n) is 5.94. The number of cyclic esters (lactones) is 1. The molecule has 0 radical (unpaired) electrons. The van der Waals surface area contributed by atoms with Crippen LogP contribution in [0.15, 0.2) is 54.9 Å². The van der Waals surface area contributed by atoms with Gasteiger partial charge in [0.05, 0.1) is 0 Å². The largest absolute Gasteiger partial charge is 0.439 e. The van der Waals surface area contributed by atoms with Gasteiger partial charge in [-0.05, 0) is 35.9 Å². The van der Waals surface area contributed by atoms with Crippen molar-refractivity contribution in [2.24, 2.45) is 0 Å². The Morgan fingerprint density at radius 2 is 1.89 bits per heavy atom. The first-order chi connectivity index (χ1) is 13.0. The Hall–Kier alpha value is -3.42. The minimum atomic E-state index is -0.965. The van der Waals surface area contributed by atoms with Crippen LogP contribution in [0.25, 0.3) is 11.3 Å². The molecule has 4 rings (SSSR count). The number of rotatable bonds is 3. The average molecular weight is 371 g/mol. The number of hydrogen-bond donors (Lipinski definition) is 1. The molecule has 3 heterocycles. The minimum absolute atomic E-state index is 0.00111. The molecule has 1 aliphatic rings. The summed E-state index contributed by atoms with van der Waals surface area (Å²) in [4.78, 5) is 19.4. The van der Waals surface area contributed by atoms with Crippen LogP contribution in [0.1, 0.15) is 23.3 Å². The summed E-state index contributed by atoms with van der Waals surface area (Å²) >= 11 is 0. The molecule has 2 aromatic heterocycles. The lowest BCUT2D eigenvalue weighted by atomic mass is 9.96. The monoisotopic (exact) mass is 371 g/mol. The van der Waals surface area contributed by atoms with Crippen molar-refractivity contribution in [3.63, 3.8) is 0 Å². The van der Waals surface area contributed by atoms with Crippen molar-refractivity contribution in [3.05, 3.63) is 83.6 Å². The number of aromatic nitrogens is 2. The number of carbonyl (C=O) groups excluding carboxylic acids is 1. The maximum atomic E-state index is 14.4. The predicted octanol–water partition coefficient (Wildman–Crippen LogP) is 4.08. The molecule has 0 bridgehead atoms. The average Bonchev–Trinajstić information content (AvgIpc) is 3.04. The first kappa shape index (κ1) is 17.0. The molecule has 0 unspecified atom stereocenters. The molecule has 2 atom stereocenters. The van der Waals surface area contributed by atoms with Crippen molar-refractivity contribution in [2.75, 3.05) is 0 Å². The van der Waals surface area contributed by atoms with Crippen LogP contribution in [-0.4, -0.2) is 16.1 Å². The summed E-state index contributed by atoms with van der Waals surface area (Å²) in [6.07, 6.45) is 0.813. The Morgan fingerprint density at radius 3 is 2.67 bits per heavy atom. The zero-order chi connectivity index (χ0) is 19.0. The van der Waals surface area contributed by atoms with Gasteiger partial charge in [-0.3, -0.25) is 4.98 Å². The number of nitrogens with one attached hydrogen (secondary N) is 1. The molecule has 27 heavy (non-hydrogen) atoms. The molecule has 1 fully saturated rings. The summed E-state index contributed by atoms with van der Waals surface area (Å²) in [5, 5.41) is 2.49. The van der Waals surface area contributed by atoms with Gasteiger partial charge in [0.15, 0.2) is 6.10 Å². The van der Waals surface area contributed by atoms with E-state index in [1.807, 2.05) is 0 Å². The lowest BCUT2D eigenvalue weighted by molar-refractivity contribution is 0.131. The molecule has 1 aromatic carbocycles. The molecule has 3 aromatic rings. The first-order valence-electron chi connectivity index (χ1n) is 8.02. The van der Waals surface area contributed by atoms with Crippen LogP contribution in [0.5, 0.6) is 0 Å². The number of alkyl carbamates (subject to hydrolysis) is 1. The van der Waals surface area contributed by atoms with E-state index in [2.05, 4.69) is 15.3 Å². The predicted molar refractivity (Wildman–Crippen MR) is 88.9 cm³/mol. The molecule has 8 heteroatoms. The van der Waals surface area contributed by atoms with Gasteiger partial charge in [0.25, 0.3) is 0 Å². The second-order valence-corrected chi connectivity index (χ2v) is 5.94. The van der Waals surface area contributed by atoms with Gasteiger partial charge in [-0.1, -0.05) is 12.1 Å². The highest BCUT2D eigenvalue weighted by Crippen LogP contribution is 2.38. The fraction of sp³-hybridized carbons (Fsp3) is 0.105. The molecule has 1 amide bonds. The van der Waals surface area contributed by atoms with E-state index in [0.717, 1.165) is 6.20 Å². The third kappa shape index (κ3) is 3.21. The number of nitrogens with zero attached hydrogens (tertiary/aromatic N) is 2. The number of ether oxygens (including phenoxy) is 1. The number of halogens is 3. The van der Waals surface area contributed by atoms with E-state index in [0.29, 0.717) is 5.56 Å². The summed E-state index contributed by atoms with van der Waals surface area (Å²) in [5.74, 6) is -1.96.